The van der Waals surface area contributed by atoms with Gasteiger partial charge in [0.15, 0.2) is 0 Å². The zero-order valence-corrected chi connectivity index (χ0v) is 15.0. The molecule has 1 amide bonds. The van der Waals surface area contributed by atoms with Crippen molar-refractivity contribution in [3.8, 4) is 0 Å². The van der Waals surface area contributed by atoms with Crippen molar-refractivity contribution >= 4 is 40.9 Å². The first kappa shape index (κ1) is 20.2. The molecule has 0 aliphatic carbocycles. The average molecular weight is 375 g/mol. The van der Waals surface area contributed by atoms with E-state index in [2.05, 4.69) is 0 Å². The fourth-order valence-electron chi connectivity index (χ4n) is 1.98. The van der Waals surface area contributed by atoms with Crippen molar-refractivity contribution < 1.29 is 19.6 Å². The van der Waals surface area contributed by atoms with Crippen LogP contribution in [0.3, 0.4) is 0 Å². The molecule has 0 radical (unpaired) electrons. The Morgan fingerprint density at radius 3 is 2.62 bits per heavy atom. The van der Waals surface area contributed by atoms with Crippen molar-refractivity contribution in [3.05, 3.63) is 33.3 Å². The number of aliphatic carboxylic acids is 1. The topological polar surface area (TPSA) is 101 Å². The lowest BCUT2D eigenvalue weighted by Crippen LogP contribution is -2.37. The number of nitrogens with zero attached hydrogens (tertiary/aromatic N) is 2. The van der Waals surface area contributed by atoms with Crippen molar-refractivity contribution in [2.75, 3.05) is 18.8 Å². The van der Waals surface area contributed by atoms with Crippen LogP contribution in [0.1, 0.15) is 20.3 Å². The molecule has 0 aliphatic heterocycles. The van der Waals surface area contributed by atoms with Gasteiger partial charge in [0.05, 0.1) is 22.0 Å². The van der Waals surface area contributed by atoms with Crippen molar-refractivity contribution in [2.24, 2.45) is 5.92 Å². The van der Waals surface area contributed by atoms with Gasteiger partial charge in [0.25, 0.3) is 5.69 Å². The van der Waals surface area contributed by atoms with Gasteiger partial charge >= 0.3 is 5.97 Å². The molecule has 7 nitrogen and oxygen atoms in total. The average Bonchev–Trinajstić information content (AvgIpc) is 2.49. The van der Waals surface area contributed by atoms with Crippen LogP contribution in [0.25, 0.3) is 0 Å². The van der Waals surface area contributed by atoms with E-state index in [4.69, 9.17) is 16.7 Å². The Balaban J connectivity index is 2.77. The molecule has 0 bridgehead atoms. The van der Waals surface area contributed by atoms with Crippen LogP contribution in [0.2, 0.25) is 5.02 Å². The van der Waals surface area contributed by atoms with Gasteiger partial charge in [-0.05, 0) is 18.1 Å². The lowest BCUT2D eigenvalue weighted by Gasteiger charge is -2.23. The summed E-state index contributed by atoms with van der Waals surface area (Å²) in [4.78, 5) is 35.4. The molecule has 0 saturated carbocycles. The molecule has 0 aliphatic rings. The van der Waals surface area contributed by atoms with Gasteiger partial charge in [0, 0.05) is 24.2 Å². The summed E-state index contributed by atoms with van der Waals surface area (Å²) in [6, 6.07) is 4.27. The molecule has 9 heteroatoms. The molecule has 0 atom stereocenters. The Bertz CT molecular complexity index is 624. The maximum absolute atomic E-state index is 12.3. The summed E-state index contributed by atoms with van der Waals surface area (Å²) < 4.78 is 0. The summed E-state index contributed by atoms with van der Waals surface area (Å²) in [5.74, 6) is -1.04. The highest BCUT2D eigenvalue weighted by atomic mass is 35.5. The predicted molar refractivity (Wildman–Crippen MR) is 92.5 cm³/mol. The Labute approximate surface area is 149 Å². The number of halogens is 1. The minimum absolute atomic E-state index is 0.00515. The first-order chi connectivity index (χ1) is 11.2. The molecule has 1 aromatic carbocycles. The second kappa shape index (κ2) is 9.48. The number of carbonyl (C=O) groups excluding carboxylic acids is 1. The Hall–Kier alpha value is -1.80. The summed E-state index contributed by atoms with van der Waals surface area (Å²) in [6.07, 6.45) is -0.135. The van der Waals surface area contributed by atoms with Crippen LogP contribution in [-0.4, -0.2) is 45.6 Å². The molecule has 0 saturated heterocycles. The quantitative estimate of drug-likeness (QED) is 0.404. The summed E-state index contributed by atoms with van der Waals surface area (Å²) in [5.41, 5.74) is -0.152. The van der Waals surface area contributed by atoms with E-state index in [0.717, 1.165) is 11.8 Å². The zero-order chi connectivity index (χ0) is 18.3. The number of nitro benzene ring substituents is 1. The van der Waals surface area contributed by atoms with Gasteiger partial charge in [-0.2, -0.15) is 0 Å². The summed E-state index contributed by atoms with van der Waals surface area (Å²) >= 11 is 6.80. The molecular formula is C15H19ClN2O5S. The molecule has 0 heterocycles. The normalized spacial score (nSPS) is 10.7. The predicted octanol–water partition coefficient (Wildman–Crippen LogP) is 3.30. The van der Waals surface area contributed by atoms with Crippen molar-refractivity contribution in [2.45, 2.75) is 25.2 Å². The fourth-order valence-corrected chi connectivity index (χ4v) is 3.05. The third-order valence-electron chi connectivity index (χ3n) is 3.00. The van der Waals surface area contributed by atoms with Gasteiger partial charge in [-0.25, -0.2) is 0 Å². The first-order valence-electron chi connectivity index (χ1n) is 7.27. The Morgan fingerprint density at radius 1 is 1.42 bits per heavy atom. The van der Waals surface area contributed by atoms with E-state index >= 15 is 0 Å². The van der Waals surface area contributed by atoms with Gasteiger partial charge < -0.3 is 10.0 Å². The lowest BCUT2D eigenvalue weighted by atomic mass is 10.2. The highest BCUT2D eigenvalue weighted by Crippen LogP contribution is 2.31. The van der Waals surface area contributed by atoms with E-state index in [1.807, 2.05) is 13.8 Å². The smallest absolute Gasteiger partial charge is 0.305 e. The maximum Gasteiger partial charge on any atom is 0.305 e. The lowest BCUT2D eigenvalue weighted by molar-refractivity contribution is -0.387. The molecule has 0 aromatic heterocycles. The SMILES string of the molecule is CC(C)CN(CCC(=O)O)C(=O)CSc1ccc(Cl)cc1[N+](=O)[O-]. The van der Waals surface area contributed by atoms with Crippen LogP contribution >= 0.6 is 23.4 Å². The third-order valence-corrected chi connectivity index (χ3v) is 4.29. The number of thioether (sulfide) groups is 1. The monoisotopic (exact) mass is 374 g/mol. The number of carboxylic acid groups (broad SMARTS) is 1. The summed E-state index contributed by atoms with van der Waals surface area (Å²) in [5, 5.41) is 20.1. The molecule has 0 fully saturated rings. The molecule has 24 heavy (non-hydrogen) atoms. The number of hydrogen-bond donors (Lipinski definition) is 1. The first-order valence-corrected chi connectivity index (χ1v) is 8.63. The standard InChI is InChI=1S/C15H19ClN2O5S/c1-10(2)8-17(6-5-15(20)21)14(19)9-24-13-4-3-11(16)7-12(13)18(22)23/h3-4,7,10H,5-6,8-9H2,1-2H3,(H,20,21). The summed E-state index contributed by atoms with van der Waals surface area (Å²) in [6.45, 7) is 4.42. The third kappa shape index (κ3) is 6.76. The van der Waals surface area contributed by atoms with Crippen LogP contribution in [0.5, 0.6) is 0 Å². The van der Waals surface area contributed by atoms with Crippen LogP contribution in [0, 0.1) is 16.0 Å². The number of benzene rings is 1. The summed E-state index contributed by atoms with van der Waals surface area (Å²) in [7, 11) is 0. The minimum atomic E-state index is -0.974. The van der Waals surface area contributed by atoms with Gasteiger partial charge in [-0.1, -0.05) is 25.4 Å². The number of carbonyl (C=O) groups is 2. The number of hydrogen-bond acceptors (Lipinski definition) is 5. The second-order valence-corrected chi connectivity index (χ2v) is 6.99. The molecule has 1 N–H and O–H groups in total. The maximum atomic E-state index is 12.3. The van der Waals surface area contributed by atoms with E-state index in [-0.39, 0.29) is 41.3 Å². The number of carboxylic acids is 1. The molecular weight excluding hydrogens is 356 g/mol. The van der Waals surface area contributed by atoms with Crippen LogP contribution in [0.4, 0.5) is 5.69 Å². The van der Waals surface area contributed by atoms with E-state index < -0.39 is 10.9 Å². The molecule has 132 valence electrons. The highest BCUT2D eigenvalue weighted by molar-refractivity contribution is 8.00. The fraction of sp³-hybridized carbons (Fsp3) is 0.467. The molecule has 1 aromatic rings. The van der Waals surface area contributed by atoms with Gasteiger partial charge in [-0.15, -0.1) is 11.8 Å². The van der Waals surface area contributed by atoms with Crippen molar-refractivity contribution in [3.63, 3.8) is 0 Å². The molecule has 0 unspecified atom stereocenters. The van der Waals surface area contributed by atoms with E-state index in [1.54, 1.807) is 0 Å². The number of amides is 1. The van der Waals surface area contributed by atoms with E-state index in [1.165, 1.54) is 23.1 Å². The highest BCUT2D eigenvalue weighted by Gasteiger charge is 2.20. The second-order valence-electron chi connectivity index (χ2n) is 5.54. The van der Waals surface area contributed by atoms with Crippen molar-refractivity contribution in [1.82, 2.24) is 4.90 Å². The van der Waals surface area contributed by atoms with Gasteiger partial charge in [0.2, 0.25) is 5.91 Å². The van der Waals surface area contributed by atoms with E-state index in [9.17, 15) is 19.7 Å². The zero-order valence-electron chi connectivity index (χ0n) is 13.4. The molecule has 0 spiro atoms. The molecule has 1 rings (SSSR count). The number of nitro groups is 1. The van der Waals surface area contributed by atoms with Gasteiger partial charge in [0.1, 0.15) is 0 Å². The van der Waals surface area contributed by atoms with Crippen LogP contribution in [-0.2, 0) is 9.59 Å². The van der Waals surface area contributed by atoms with Crippen molar-refractivity contribution in [1.29, 1.82) is 0 Å². The Morgan fingerprint density at radius 2 is 2.08 bits per heavy atom. The minimum Gasteiger partial charge on any atom is -0.481 e. The van der Waals surface area contributed by atoms with Crippen LogP contribution < -0.4 is 0 Å². The van der Waals surface area contributed by atoms with Crippen LogP contribution in [0.15, 0.2) is 23.1 Å². The number of rotatable bonds is 9. The Kier molecular flexibility index (Phi) is 8.00. The van der Waals surface area contributed by atoms with E-state index in [0.29, 0.717) is 11.4 Å². The largest absolute Gasteiger partial charge is 0.481 e. The van der Waals surface area contributed by atoms with Gasteiger partial charge in [-0.3, -0.25) is 19.7 Å².